The van der Waals surface area contributed by atoms with Crippen LogP contribution in [0.25, 0.3) is 0 Å². The highest BCUT2D eigenvalue weighted by molar-refractivity contribution is 7.78. The van der Waals surface area contributed by atoms with Crippen LogP contribution in [0.1, 0.15) is 6.92 Å². The Morgan fingerprint density at radius 2 is 2.50 bits per heavy atom. The first-order chi connectivity index (χ1) is 3.68. The van der Waals surface area contributed by atoms with Crippen molar-refractivity contribution in [3.05, 3.63) is 0 Å². The van der Waals surface area contributed by atoms with Gasteiger partial charge in [-0.2, -0.15) is 0 Å². The van der Waals surface area contributed by atoms with Gasteiger partial charge in [0.2, 0.25) is 0 Å². The van der Waals surface area contributed by atoms with E-state index in [0.717, 1.165) is 5.55 Å². The number of esters is 1. The lowest BCUT2D eigenvalue weighted by Crippen LogP contribution is -2.17. The first-order valence-electron chi connectivity index (χ1n) is 2.00. The molecule has 4 heteroatoms. The Morgan fingerprint density at radius 3 is 2.62 bits per heavy atom. The quantitative estimate of drug-likeness (QED) is 0.422. The second-order valence-corrected chi connectivity index (χ2v) is 1.40. The largest absolute Gasteiger partial charge is 0.421 e. The van der Waals surface area contributed by atoms with E-state index in [1.54, 1.807) is 0 Å². The molecule has 0 aromatic rings. The summed E-state index contributed by atoms with van der Waals surface area (Å²) in [5.41, 5.74) is 0.815. The third-order valence-corrected chi connectivity index (χ3v) is 0.602. The van der Waals surface area contributed by atoms with E-state index in [2.05, 4.69) is 17.0 Å². The van der Waals surface area contributed by atoms with Gasteiger partial charge in [-0.15, -0.1) is 0 Å². The maximum absolute atomic E-state index is 10.2. The van der Waals surface area contributed by atoms with Crippen LogP contribution in [-0.2, 0) is 9.53 Å². The summed E-state index contributed by atoms with van der Waals surface area (Å²) < 4.78 is 4.10. The molecule has 0 aromatic carbocycles. The van der Waals surface area contributed by atoms with Crippen molar-refractivity contribution in [2.45, 2.75) is 13.0 Å². The van der Waals surface area contributed by atoms with Crippen molar-refractivity contribution in [3.8, 4) is 0 Å². The lowest BCUT2D eigenvalue weighted by atomic mass is 10.4. The SMILES string of the molecule is CC(O)C(=O)OC=S. The molecule has 0 amide bonds. The van der Waals surface area contributed by atoms with E-state index in [1.165, 1.54) is 6.92 Å². The molecule has 0 aromatic heterocycles. The van der Waals surface area contributed by atoms with E-state index in [9.17, 15) is 4.79 Å². The van der Waals surface area contributed by atoms with Gasteiger partial charge >= 0.3 is 5.97 Å². The molecular formula is C4H6O3S. The van der Waals surface area contributed by atoms with Gasteiger partial charge in [0, 0.05) is 0 Å². The number of aliphatic hydroxyl groups excluding tert-OH is 1. The van der Waals surface area contributed by atoms with E-state index in [1.807, 2.05) is 0 Å². The van der Waals surface area contributed by atoms with Crippen molar-refractivity contribution in [2.24, 2.45) is 0 Å². The smallest absolute Gasteiger partial charge is 0.340 e. The van der Waals surface area contributed by atoms with Crippen LogP contribution in [0.3, 0.4) is 0 Å². The summed E-state index contributed by atoms with van der Waals surface area (Å²) in [6, 6.07) is 0. The number of hydrogen-bond acceptors (Lipinski definition) is 4. The number of rotatable bonds is 2. The standard InChI is InChI=1S/C4H6O3S/c1-3(5)4(6)7-2-8/h2-3,5H,1H3. The van der Waals surface area contributed by atoms with Crippen LogP contribution in [0, 0.1) is 0 Å². The molecule has 0 spiro atoms. The summed E-state index contributed by atoms with van der Waals surface area (Å²) in [6.45, 7) is 1.31. The number of aliphatic hydroxyl groups is 1. The van der Waals surface area contributed by atoms with Crippen molar-refractivity contribution in [3.63, 3.8) is 0 Å². The molecule has 0 fully saturated rings. The predicted molar refractivity (Wildman–Crippen MR) is 31.4 cm³/mol. The molecule has 0 saturated heterocycles. The monoisotopic (exact) mass is 134 g/mol. The van der Waals surface area contributed by atoms with Gasteiger partial charge < -0.3 is 9.84 Å². The molecule has 46 valence electrons. The minimum atomic E-state index is -1.09. The van der Waals surface area contributed by atoms with Crippen molar-refractivity contribution < 1.29 is 14.6 Å². The zero-order valence-corrected chi connectivity index (χ0v) is 5.14. The van der Waals surface area contributed by atoms with Crippen LogP contribution < -0.4 is 0 Å². The predicted octanol–water partition coefficient (Wildman–Crippen LogP) is -0.132. The van der Waals surface area contributed by atoms with E-state index in [0.29, 0.717) is 0 Å². The molecule has 0 bridgehead atoms. The Balaban J connectivity index is 3.48. The molecule has 1 atom stereocenters. The Kier molecular flexibility index (Phi) is 3.30. The zero-order chi connectivity index (χ0) is 6.57. The van der Waals surface area contributed by atoms with Crippen LogP contribution in [0.2, 0.25) is 0 Å². The third-order valence-electron chi connectivity index (χ3n) is 0.505. The average Bonchev–Trinajstić information content (AvgIpc) is 1.67. The summed E-state index contributed by atoms with van der Waals surface area (Å²) in [6.07, 6.45) is -1.09. The molecule has 1 N–H and O–H groups in total. The van der Waals surface area contributed by atoms with Gasteiger partial charge in [-0.1, -0.05) is 0 Å². The van der Waals surface area contributed by atoms with Gasteiger partial charge in [0.1, 0.15) is 6.10 Å². The molecule has 0 heterocycles. The van der Waals surface area contributed by atoms with Gasteiger partial charge in [0.05, 0.1) is 0 Å². The van der Waals surface area contributed by atoms with Crippen LogP contribution in [0.15, 0.2) is 0 Å². The first kappa shape index (κ1) is 7.52. The summed E-state index contributed by atoms with van der Waals surface area (Å²) in [4.78, 5) is 10.2. The van der Waals surface area contributed by atoms with Crippen molar-refractivity contribution in [1.82, 2.24) is 0 Å². The lowest BCUT2D eigenvalue weighted by Gasteiger charge is -1.97. The highest BCUT2D eigenvalue weighted by Crippen LogP contribution is 1.82. The molecule has 0 radical (unpaired) electrons. The highest BCUT2D eigenvalue weighted by Gasteiger charge is 2.07. The molecule has 0 aliphatic heterocycles. The third kappa shape index (κ3) is 2.65. The fourth-order valence-electron chi connectivity index (χ4n) is 0.146. The van der Waals surface area contributed by atoms with Gasteiger partial charge in [0.15, 0.2) is 5.55 Å². The fourth-order valence-corrected chi connectivity index (χ4v) is 0.241. The minimum absolute atomic E-state index is 0.722. The van der Waals surface area contributed by atoms with Gasteiger partial charge in [-0.25, -0.2) is 4.79 Å². The minimum Gasteiger partial charge on any atom is -0.421 e. The Morgan fingerprint density at radius 1 is 2.00 bits per heavy atom. The van der Waals surface area contributed by atoms with Crippen LogP contribution >= 0.6 is 12.2 Å². The van der Waals surface area contributed by atoms with Crippen molar-refractivity contribution in [1.29, 1.82) is 0 Å². The maximum Gasteiger partial charge on any atom is 0.340 e. The number of carbonyl (C=O) groups is 1. The second kappa shape index (κ2) is 3.51. The van der Waals surface area contributed by atoms with E-state index in [4.69, 9.17) is 5.11 Å². The van der Waals surface area contributed by atoms with Crippen LogP contribution in [-0.4, -0.2) is 22.7 Å². The lowest BCUT2D eigenvalue weighted by molar-refractivity contribution is -0.143. The molecule has 0 aliphatic carbocycles. The Bertz CT molecular complexity index is 99.5. The van der Waals surface area contributed by atoms with Gasteiger partial charge in [-0.05, 0) is 19.1 Å². The van der Waals surface area contributed by atoms with Crippen molar-refractivity contribution in [2.75, 3.05) is 0 Å². The Labute approximate surface area is 52.3 Å². The summed E-state index contributed by atoms with van der Waals surface area (Å²) >= 11 is 4.17. The fraction of sp³-hybridized carbons (Fsp3) is 0.500. The Hall–Kier alpha value is -0.480. The zero-order valence-electron chi connectivity index (χ0n) is 4.33. The molecule has 8 heavy (non-hydrogen) atoms. The summed E-state index contributed by atoms with van der Waals surface area (Å²) in [5.74, 6) is -0.722. The number of thiocarbonyl (C=S) groups is 1. The number of hydrogen-bond donors (Lipinski definition) is 1. The molecule has 0 aliphatic rings. The summed E-state index contributed by atoms with van der Waals surface area (Å²) in [5, 5.41) is 8.41. The molecule has 3 nitrogen and oxygen atoms in total. The van der Waals surface area contributed by atoms with Crippen molar-refractivity contribution >= 4 is 23.7 Å². The molecule has 0 rings (SSSR count). The highest BCUT2D eigenvalue weighted by atomic mass is 32.1. The van der Waals surface area contributed by atoms with Gasteiger partial charge in [-0.3, -0.25) is 0 Å². The topological polar surface area (TPSA) is 46.5 Å². The molecule has 1 unspecified atom stereocenters. The van der Waals surface area contributed by atoms with E-state index >= 15 is 0 Å². The van der Waals surface area contributed by atoms with E-state index < -0.39 is 12.1 Å². The normalized spacial score (nSPS) is 12.2. The van der Waals surface area contributed by atoms with Crippen LogP contribution in [0.4, 0.5) is 0 Å². The maximum atomic E-state index is 10.2. The molecule has 0 saturated carbocycles. The van der Waals surface area contributed by atoms with E-state index in [-0.39, 0.29) is 0 Å². The first-order valence-corrected chi connectivity index (χ1v) is 2.48. The second-order valence-electron chi connectivity index (χ2n) is 1.21. The van der Waals surface area contributed by atoms with Crippen LogP contribution in [0.5, 0.6) is 0 Å². The number of carbonyl (C=O) groups excluding carboxylic acids is 1. The van der Waals surface area contributed by atoms with Gasteiger partial charge in [0.25, 0.3) is 0 Å². The molecular weight excluding hydrogens is 128 g/mol. The average molecular weight is 134 g/mol. The summed E-state index contributed by atoms with van der Waals surface area (Å²) in [7, 11) is 0. The number of ether oxygens (including phenoxy) is 1.